The first kappa shape index (κ1) is 6.14. The van der Waals surface area contributed by atoms with Crippen LogP contribution in [-0.4, -0.2) is 5.78 Å². The number of allylic oxidation sites excluding steroid dienone is 2. The summed E-state index contributed by atoms with van der Waals surface area (Å²) in [5, 5.41) is 0. The van der Waals surface area contributed by atoms with Crippen molar-refractivity contribution < 1.29 is 4.79 Å². The lowest BCUT2D eigenvalue weighted by Gasteiger charge is -2.13. The van der Waals surface area contributed by atoms with Crippen molar-refractivity contribution in [2.75, 3.05) is 0 Å². The van der Waals surface area contributed by atoms with Crippen LogP contribution in [0.2, 0.25) is 0 Å². The average Bonchev–Trinajstić information content (AvgIpc) is 2.46. The number of ketones is 1. The Hall–Kier alpha value is -0.590. The van der Waals surface area contributed by atoms with Gasteiger partial charge in [0.25, 0.3) is 0 Å². The molecule has 1 saturated carbocycles. The van der Waals surface area contributed by atoms with Crippen molar-refractivity contribution in [3.63, 3.8) is 0 Å². The van der Waals surface area contributed by atoms with E-state index in [0.29, 0.717) is 23.5 Å². The second kappa shape index (κ2) is 1.94. The average molecular weight is 136 g/mol. The molecule has 2 bridgehead atoms. The Kier molecular flexibility index (Phi) is 1.19. The Morgan fingerprint density at radius 2 is 2.40 bits per heavy atom. The predicted molar refractivity (Wildman–Crippen MR) is 39.5 cm³/mol. The minimum atomic E-state index is 0.301. The lowest BCUT2D eigenvalue weighted by molar-refractivity contribution is -0.123. The number of Topliss-reactive ketones (excluding diaryl/α,β-unsaturated/α-hetero) is 1. The van der Waals surface area contributed by atoms with Gasteiger partial charge in [-0.25, -0.2) is 0 Å². The van der Waals surface area contributed by atoms with Crippen molar-refractivity contribution in [3.05, 3.63) is 12.2 Å². The molecule has 10 heavy (non-hydrogen) atoms. The Balaban J connectivity index is 2.26. The lowest BCUT2D eigenvalue weighted by atomic mass is 9.90. The number of rotatable bonds is 1. The van der Waals surface area contributed by atoms with Gasteiger partial charge in [-0.05, 0) is 18.8 Å². The summed E-state index contributed by atoms with van der Waals surface area (Å²) < 4.78 is 0. The molecule has 3 unspecified atom stereocenters. The maximum atomic E-state index is 11.3. The largest absolute Gasteiger partial charge is 0.299 e. The molecule has 0 amide bonds. The molecular formula is C9H12O. The standard InChI is InChI=1S/C9H12O/c1-2-8-6-3-4-7(5-6)9(8)10/h3-4,6-8H,2,5H2,1H3. The third-order valence-electron chi connectivity index (χ3n) is 2.80. The van der Waals surface area contributed by atoms with Crippen LogP contribution in [0.25, 0.3) is 0 Å². The van der Waals surface area contributed by atoms with E-state index in [1.807, 2.05) is 0 Å². The third-order valence-corrected chi connectivity index (χ3v) is 2.80. The molecule has 0 aromatic rings. The molecule has 0 aromatic carbocycles. The van der Waals surface area contributed by atoms with Crippen LogP contribution < -0.4 is 0 Å². The smallest absolute Gasteiger partial charge is 0.143 e. The molecule has 54 valence electrons. The summed E-state index contributed by atoms with van der Waals surface area (Å²) in [7, 11) is 0. The molecule has 2 rings (SSSR count). The number of carbonyl (C=O) groups excluding carboxylic acids is 1. The van der Waals surface area contributed by atoms with Crippen LogP contribution in [0.3, 0.4) is 0 Å². The van der Waals surface area contributed by atoms with Crippen molar-refractivity contribution in [2.45, 2.75) is 19.8 Å². The maximum Gasteiger partial charge on any atom is 0.143 e. The summed E-state index contributed by atoms with van der Waals surface area (Å²) in [5.74, 6) is 1.77. The van der Waals surface area contributed by atoms with E-state index in [4.69, 9.17) is 0 Å². The van der Waals surface area contributed by atoms with Crippen molar-refractivity contribution in [3.8, 4) is 0 Å². The van der Waals surface area contributed by atoms with Crippen LogP contribution in [0.4, 0.5) is 0 Å². The SMILES string of the molecule is CCC1C(=O)C2C=CC1C2. The first-order valence-electron chi connectivity index (χ1n) is 4.05. The Labute approximate surface area is 61.1 Å². The topological polar surface area (TPSA) is 17.1 Å². The first-order valence-corrected chi connectivity index (χ1v) is 4.05. The molecule has 0 radical (unpaired) electrons. The molecule has 0 N–H and O–H groups in total. The predicted octanol–water partition coefficient (Wildman–Crippen LogP) is 1.79. The van der Waals surface area contributed by atoms with Crippen LogP contribution in [-0.2, 0) is 4.79 Å². The summed E-state index contributed by atoms with van der Waals surface area (Å²) in [4.78, 5) is 11.3. The number of hydrogen-bond acceptors (Lipinski definition) is 1. The fourth-order valence-corrected chi connectivity index (χ4v) is 2.23. The molecule has 1 heteroatoms. The van der Waals surface area contributed by atoms with Crippen LogP contribution in [0.5, 0.6) is 0 Å². The highest BCUT2D eigenvalue weighted by Gasteiger charge is 2.41. The van der Waals surface area contributed by atoms with Gasteiger partial charge in [0.15, 0.2) is 0 Å². The van der Waals surface area contributed by atoms with Crippen LogP contribution in [0.1, 0.15) is 19.8 Å². The molecule has 0 spiro atoms. The van der Waals surface area contributed by atoms with E-state index in [2.05, 4.69) is 19.1 Å². The summed E-state index contributed by atoms with van der Waals surface area (Å²) in [6.07, 6.45) is 6.45. The van der Waals surface area contributed by atoms with Crippen molar-refractivity contribution in [2.24, 2.45) is 17.8 Å². The number of hydrogen-bond donors (Lipinski definition) is 0. The highest BCUT2D eigenvalue weighted by molar-refractivity contribution is 5.89. The van der Waals surface area contributed by atoms with E-state index < -0.39 is 0 Å². The highest BCUT2D eigenvalue weighted by atomic mass is 16.1. The van der Waals surface area contributed by atoms with Crippen LogP contribution in [0, 0.1) is 17.8 Å². The van der Waals surface area contributed by atoms with Gasteiger partial charge in [-0.2, -0.15) is 0 Å². The van der Waals surface area contributed by atoms with Crippen LogP contribution in [0.15, 0.2) is 12.2 Å². The van der Waals surface area contributed by atoms with Crippen LogP contribution >= 0.6 is 0 Å². The zero-order valence-corrected chi connectivity index (χ0v) is 6.21. The monoisotopic (exact) mass is 136 g/mol. The summed E-state index contributed by atoms with van der Waals surface area (Å²) in [6, 6.07) is 0. The zero-order valence-electron chi connectivity index (χ0n) is 6.21. The van der Waals surface area contributed by atoms with E-state index in [0.717, 1.165) is 12.8 Å². The molecular weight excluding hydrogens is 124 g/mol. The minimum Gasteiger partial charge on any atom is -0.299 e. The second-order valence-electron chi connectivity index (χ2n) is 3.31. The van der Waals surface area contributed by atoms with Crippen molar-refractivity contribution >= 4 is 5.78 Å². The van der Waals surface area contributed by atoms with Gasteiger partial charge in [-0.15, -0.1) is 0 Å². The van der Waals surface area contributed by atoms with Crippen molar-refractivity contribution in [1.29, 1.82) is 0 Å². The van der Waals surface area contributed by atoms with E-state index in [1.165, 1.54) is 0 Å². The van der Waals surface area contributed by atoms with Gasteiger partial charge in [0.05, 0.1) is 0 Å². The quantitative estimate of drug-likeness (QED) is 0.502. The third kappa shape index (κ3) is 0.606. The molecule has 2 aliphatic rings. The maximum absolute atomic E-state index is 11.3. The van der Waals surface area contributed by atoms with Gasteiger partial charge in [0.2, 0.25) is 0 Å². The molecule has 1 nitrogen and oxygen atoms in total. The van der Waals surface area contributed by atoms with Crippen molar-refractivity contribution in [1.82, 2.24) is 0 Å². The number of fused-ring (bicyclic) bond motifs is 2. The second-order valence-corrected chi connectivity index (χ2v) is 3.31. The minimum absolute atomic E-state index is 0.301. The summed E-state index contributed by atoms with van der Waals surface area (Å²) >= 11 is 0. The van der Waals surface area contributed by atoms with Gasteiger partial charge < -0.3 is 0 Å². The van der Waals surface area contributed by atoms with Gasteiger partial charge in [0, 0.05) is 11.8 Å². The molecule has 0 saturated heterocycles. The normalized spacial score (nSPS) is 43.3. The molecule has 0 aliphatic heterocycles. The van der Waals surface area contributed by atoms with Gasteiger partial charge >= 0.3 is 0 Å². The fraction of sp³-hybridized carbons (Fsp3) is 0.667. The molecule has 3 atom stereocenters. The highest BCUT2D eigenvalue weighted by Crippen LogP contribution is 2.41. The lowest BCUT2D eigenvalue weighted by Crippen LogP contribution is -2.17. The van der Waals surface area contributed by atoms with E-state index in [9.17, 15) is 4.79 Å². The molecule has 1 fully saturated rings. The Morgan fingerprint density at radius 3 is 2.80 bits per heavy atom. The molecule has 0 heterocycles. The summed E-state index contributed by atoms with van der Waals surface area (Å²) in [6.45, 7) is 2.11. The zero-order chi connectivity index (χ0) is 7.14. The fourth-order valence-electron chi connectivity index (χ4n) is 2.23. The molecule has 0 aromatic heterocycles. The van der Waals surface area contributed by atoms with Gasteiger partial charge in [-0.1, -0.05) is 19.1 Å². The Bertz CT molecular complexity index is 193. The Morgan fingerprint density at radius 1 is 1.60 bits per heavy atom. The van der Waals surface area contributed by atoms with E-state index in [1.54, 1.807) is 0 Å². The van der Waals surface area contributed by atoms with E-state index in [-0.39, 0.29) is 0 Å². The molecule has 2 aliphatic carbocycles. The van der Waals surface area contributed by atoms with E-state index >= 15 is 0 Å². The summed E-state index contributed by atoms with van der Waals surface area (Å²) in [5.41, 5.74) is 0. The first-order chi connectivity index (χ1) is 4.83. The van der Waals surface area contributed by atoms with Gasteiger partial charge in [-0.3, -0.25) is 4.79 Å². The number of carbonyl (C=O) groups is 1. The van der Waals surface area contributed by atoms with Gasteiger partial charge in [0.1, 0.15) is 5.78 Å².